The predicted octanol–water partition coefficient (Wildman–Crippen LogP) is 9.69. The molecule has 0 aliphatic rings. The van der Waals surface area contributed by atoms with Gasteiger partial charge in [0.1, 0.15) is 5.75 Å². The molecule has 0 N–H and O–H groups in total. The number of benzene rings is 2. The van der Waals surface area contributed by atoms with Gasteiger partial charge in [0.05, 0.1) is 12.2 Å². The molecule has 0 saturated carbocycles. The Morgan fingerprint density at radius 1 is 0.674 bits per heavy atom. The van der Waals surface area contributed by atoms with Gasteiger partial charge in [0.25, 0.3) is 0 Å². The average Bonchev–Trinajstić information content (AvgIpc) is 2.95. The molecule has 242 valence electrons. The van der Waals surface area contributed by atoms with Gasteiger partial charge < -0.3 is 9.47 Å². The van der Waals surface area contributed by atoms with Crippen molar-refractivity contribution >= 4 is 5.97 Å². The zero-order valence-corrected chi connectivity index (χ0v) is 22.6. The minimum Gasteiger partial charge on any atom is -0.494 e. The van der Waals surface area contributed by atoms with Gasteiger partial charge in [0, 0.05) is 0 Å². The summed E-state index contributed by atoms with van der Waals surface area (Å²) in [5, 5.41) is 0. The van der Waals surface area contributed by atoms with Crippen LogP contribution in [-0.4, -0.2) is 55.2 Å². The minimum absolute atomic E-state index is 0.484. The molecule has 43 heavy (non-hydrogen) atoms. The van der Waals surface area contributed by atoms with E-state index in [9.17, 15) is 57.5 Å². The van der Waals surface area contributed by atoms with Crippen molar-refractivity contribution in [2.24, 2.45) is 0 Å². The highest BCUT2D eigenvalue weighted by atomic mass is 19.4. The summed E-state index contributed by atoms with van der Waals surface area (Å²) in [7, 11) is 0. The molecule has 0 saturated heterocycles. The Balaban J connectivity index is 2.01. The highest BCUT2D eigenvalue weighted by Crippen LogP contribution is 2.58. The second-order valence-electron chi connectivity index (χ2n) is 9.65. The number of hydrogen-bond acceptors (Lipinski definition) is 3. The van der Waals surface area contributed by atoms with Gasteiger partial charge in [0.15, 0.2) is 6.61 Å². The lowest BCUT2D eigenvalue weighted by atomic mass is 9.94. The number of alkyl halides is 12. The first-order valence-electron chi connectivity index (χ1n) is 13.0. The first kappa shape index (κ1) is 36.1. The van der Waals surface area contributed by atoms with Gasteiger partial charge >= 0.3 is 42.0 Å². The smallest absolute Gasteiger partial charge is 0.384 e. The molecule has 0 radical (unpaired) electrons. The normalized spacial score (nSPS) is 13.3. The Bertz CT molecular complexity index is 1170. The van der Waals surface area contributed by atoms with Crippen LogP contribution in [-0.2, 0) is 4.74 Å². The van der Waals surface area contributed by atoms with E-state index in [1.54, 1.807) is 24.3 Å². The molecule has 0 atom stereocenters. The van der Waals surface area contributed by atoms with Gasteiger partial charge in [-0.05, 0) is 41.8 Å². The van der Waals surface area contributed by atoms with Gasteiger partial charge in [-0.15, -0.1) is 0 Å². The molecule has 0 spiro atoms. The number of carbonyl (C=O) groups excluding carboxylic acids is 1. The summed E-state index contributed by atoms with van der Waals surface area (Å²) < 4.78 is 169. The van der Waals surface area contributed by atoms with Crippen LogP contribution in [0.3, 0.4) is 0 Å². The number of ether oxygens (including phenoxy) is 2. The van der Waals surface area contributed by atoms with Gasteiger partial charge in [-0.3, -0.25) is 0 Å². The highest BCUT2D eigenvalue weighted by molar-refractivity contribution is 5.90. The maximum absolute atomic E-state index is 13.9. The van der Waals surface area contributed by atoms with E-state index in [1.807, 2.05) is 0 Å². The third kappa shape index (κ3) is 7.88. The molecule has 3 nitrogen and oxygen atoms in total. The molecule has 2 aromatic carbocycles. The molecule has 0 aliphatic heterocycles. The van der Waals surface area contributed by atoms with Crippen molar-refractivity contribution in [3.63, 3.8) is 0 Å². The largest absolute Gasteiger partial charge is 0.494 e. The molecule has 0 unspecified atom stereocenters. The molecule has 0 aliphatic carbocycles. The van der Waals surface area contributed by atoms with Gasteiger partial charge in [-0.1, -0.05) is 63.3 Å². The fraction of sp³-hybridized carbons (Fsp3) is 0.536. The van der Waals surface area contributed by atoms with E-state index in [1.165, 1.54) is 25.0 Å². The van der Waals surface area contributed by atoms with E-state index in [2.05, 4.69) is 11.7 Å². The summed E-state index contributed by atoms with van der Waals surface area (Å²) in [5.41, 5.74) is 0.544. The number of carbonyl (C=O) groups is 1. The Morgan fingerprint density at radius 2 is 1.16 bits per heavy atom. The average molecular weight is 641 g/mol. The van der Waals surface area contributed by atoms with Crippen LogP contribution >= 0.6 is 0 Å². The number of esters is 1. The summed E-state index contributed by atoms with van der Waals surface area (Å²) in [6, 6.07) is 11.2. The van der Waals surface area contributed by atoms with Crippen LogP contribution < -0.4 is 4.74 Å². The van der Waals surface area contributed by atoms with E-state index < -0.39 is 54.2 Å². The van der Waals surface area contributed by atoms with Crippen molar-refractivity contribution in [3.05, 3.63) is 54.1 Å². The van der Waals surface area contributed by atoms with Crippen LogP contribution in [0.1, 0.15) is 55.8 Å². The van der Waals surface area contributed by atoms with Crippen LogP contribution in [0.5, 0.6) is 5.75 Å². The van der Waals surface area contributed by atoms with Gasteiger partial charge in [-0.2, -0.15) is 43.9 Å². The maximum atomic E-state index is 13.9. The first-order chi connectivity index (χ1) is 19.8. The molecular formula is C28H28F12O3. The zero-order valence-electron chi connectivity index (χ0n) is 22.6. The minimum atomic E-state index is -7.69. The second kappa shape index (κ2) is 14.1. The summed E-state index contributed by atoms with van der Waals surface area (Å²) in [5.74, 6) is -37.3. The van der Waals surface area contributed by atoms with Crippen molar-refractivity contribution in [1.82, 2.24) is 0 Å². The fourth-order valence-corrected chi connectivity index (χ4v) is 3.72. The standard InChI is InChI=1S/C28H28F12O3/c1-2-3-4-5-6-7-16-42-21-14-12-19(13-15-21)18-8-10-20(11-9-18)22(41)43-17-24(31,32)26(35,36)28(39,40)27(37,38)25(33,34)23(29)30/h8-15,23H,2-7,16-17H2,1H3. The lowest BCUT2D eigenvalue weighted by Crippen LogP contribution is -2.69. The van der Waals surface area contributed by atoms with E-state index in [0.717, 1.165) is 37.8 Å². The molecule has 0 heterocycles. The molecule has 0 amide bonds. The Hall–Kier alpha value is -3.13. The molecule has 0 fully saturated rings. The van der Waals surface area contributed by atoms with Crippen molar-refractivity contribution in [2.45, 2.75) is 81.5 Å². The van der Waals surface area contributed by atoms with Crippen molar-refractivity contribution in [2.75, 3.05) is 13.2 Å². The van der Waals surface area contributed by atoms with Crippen molar-refractivity contribution in [1.29, 1.82) is 0 Å². The molecule has 15 heteroatoms. The van der Waals surface area contributed by atoms with E-state index in [-0.39, 0.29) is 0 Å². The maximum Gasteiger partial charge on any atom is 0.384 e. The van der Waals surface area contributed by atoms with Crippen LogP contribution in [0.2, 0.25) is 0 Å². The van der Waals surface area contributed by atoms with Gasteiger partial charge in [0.2, 0.25) is 0 Å². The first-order valence-corrected chi connectivity index (χ1v) is 13.0. The summed E-state index contributed by atoms with van der Waals surface area (Å²) >= 11 is 0. The predicted molar refractivity (Wildman–Crippen MR) is 132 cm³/mol. The molecule has 2 rings (SSSR count). The molecule has 0 bridgehead atoms. The van der Waals surface area contributed by atoms with E-state index in [0.29, 0.717) is 23.5 Å². The topological polar surface area (TPSA) is 35.5 Å². The third-order valence-corrected chi connectivity index (χ3v) is 6.40. The van der Waals surface area contributed by atoms with Crippen LogP contribution in [0.4, 0.5) is 52.7 Å². The van der Waals surface area contributed by atoms with Crippen molar-refractivity contribution < 1.29 is 67.0 Å². The number of halogens is 12. The number of rotatable bonds is 17. The zero-order chi connectivity index (χ0) is 32.7. The second-order valence-corrected chi connectivity index (χ2v) is 9.65. The molecule has 2 aromatic rings. The quantitative estimate of drug-likeness (QED) is 0.0982. The SMILES string of the molecule is CCCCCCCCOc1ccc(-c2ccc(C(=O)OCC(F)(F)C(F)(F)C(F)(F)C(F)(F)C(F)(F)C(F)F)cc2)cc1. The summed E-state index contributed by atoms with van der Waals surface area (Å²) in [4.78, 5) is 12.0. The number of unbranched alkanes of at least 4 members (excludes halogenated alkanes) is 5. The third-order valence-electron chi connectivity index (χ3n) is 6.40. The van der Waals surface area contributed by atoms with E-state index >= 15 is 0 Å². The summed E-state index contributed by atoms with van der Waals surface area (Å²) in [6.45, 7) is -0.318. The van der Waals surface area contributed by atoms with Gasteiger partial charge in [-0.25, -0.2) is 13.6 Å². The Morgan fingerprint density at radius 3 is 1.67 bits per heavy atom. The Kier molecular flexibility index (Phi) is 11.8. The fourth-order valence-electron chi connectivity index (χ4n) is 3.72. The Labute approximate surface area is 239 Å². The monoisotopic (exact) mass is 640 g/mol. The van der Waals surface area contributed by atoms with Crippen LogP contribution in [0.15, 0.2) is 48.5 Å². The molecule has 0 aromatic heterocycles. The summed E-state index contributed by atoms with van der Waals surface area (Å²) in [6.07, 6.45) is 0.942. The lowest BCUT2D eigenvalue weighted by Gasteiger charge is -2.38. The van der Waals surface area contributed by atoms with Crippen LogP contribution in [0, 0.1) is 0 Å². The highest BCUT2D eigenvalue weighted by Gasteiger charge is 2.87. The van der Waals surface area contributed by atoms with Crippen molar-refractivity contribution in [3.8, 4) is 16.9 Å². The lowest BCUT2D eigenvalue weighted by molar-refractivity contribution is -0.414. The molecular weight excluding hydrogens is 612 g/mol. The van der Waals surface area contributed by atoms with E-state index in [4.69, 9.17) is 4.74 Å². The number of hydrogen-bond donors (Lipinski definition) is 0. The van der Waals surface area contributed by atoms with Crippen LogP contribution in [0.25, 0.3) is 11.1 Å².